The molecule has 0 bridgehead atoms. The smallest absolute Gasteiger partial charge is 0.341 e. The van der Waals surface area contributed by atoms with Gasteiger partial charge < -0.3 is 15.0 Å². The van der Waals surface area contributed by atoms with E-state index in [4.69, 9.17) is 16.3 Å². The van der Waals surface area contributed by atoms with Gasteiger partial charge in [-0.05, 0) is 50.9 Å². The summed E-state index contributed by atoms with van der Waals surface area (Å²) in [5.74, 6) is -0.936. The summed E-state index contributed by atoms with van der Waals surface area (Å²) in [5.41, 5.74) is 1.43. The van der Waals surface area contributed by atoms with Crippen LogP contribution in [0, 0.1) is 5.92 Å². The molecular formula is C21H26ClN3O5S3. The van der Waals surface area contributed by atoms with E-state index < -0.39 is 16.0 Å². The van der Waals surface area contributed by atoms with Gasteiger partial charge in [-0.25, -0.2) is 13.2 Å². The molecule has 2 aromatic rings. The van der Waals surface area contributed by atoms with Crippen LogP contribution in [-0.2, 0) is 32.5 Å². The van der Waals surface area contributed by atoms with E-state index in [0.717, 1.165) is 41.3 Å². The number of amides is 1. The molecule has 180 valence electrons. The fraction of sp³-hybridized carbons (Fsp3) is 0.524. The number of nitrogens with one attached hydrogen (secondary N) is 1. The Morgan fingerprint density at radius 2 is 1.94 bits per heavy atom. The molecule has 4 rings (SSSR count). The number of ether oxygens (including phenoxy) is 1. The average Bonchev–Trinajstić information content (AvgIpc) is 3.37. The Balaban J connectivity index is 1.46. The molecule has 1 N–H and O–H groups in total. The van der Waals surface area contributed by atoms with Gasteiger partial charge in [-0.3, -0.25) is 4.79 Å². The number of halogens is 1. The SMILES string of the molecule is CCOC(=O)c1c(NC(=O)C2CCN(S(=O)(=O)c3ccc(Cl)s3)CC2)sc2c1CCN(C)C2. The van der Waals surface area contributed by atoms with E-state index in [2.05, 4.69) is 10.2 Å². The van der Waals surface area contributed by atoms with Crippen molar-refractivity contribution in [2.24, 2.45) is 5.92 Å². The summed E-state index contributed by atoms with van der Waals surface area (Å²) in [6, 6.07) is 3.08. The zero-order valence-corrected chi connectivity index (χ0v) is 21.6. The molecule has 4 heterocycles. The lowest BCUT2D eigenvalue weighted by atomic mass is 9.97. The lowest BCUT2D eigenvalue weighted by molar-refractivity contribution is -0.120. The Hall–Kier alpha value is -1.50. The number of fused-ring (bicyclic) bond motifs is 1. The lowest BCUT2D eigenvalue weighted by Crippen LogP contribution is -2.41. The minimum Gasteiger partial charge on any atom is -0.462 e. The second-order valence-electron chi connectivity index (χ2n) is 8.14. The minimum atomic E-state index is -3.61. The fourth-order valence-corrected chi connectivity index (χ4v) is 8.60. The van der Waals surface area contributed by atoms with Gasteiger partial charge in [0.05, 0.1) is 16.5 Å². The van der Waals surface area contributed by atoms with Crippen LogP contribution in [-0.4, -0.2) is 62.8 Å². The van der Waals surface area contributed by atoms with E-state index in [1.807, 2.05) is 7.05 Å². The van der Waals surface area contributed by atoms with Crippen molar-refractivity contribution in [2.75, 3.05) is 38.6 Å². The molecule has 0 spiro atoms. The van der Waals surface area contributed by atoms with E-state index in [0.29, 0.717) is 27.7 Å². The number of piperidine rings is 1. The first-order chi connectivity index (χ1) is 15.7. The molecule has 1 saturated heterocycles. The molecule has 0 atom stereocenters. The highest BCUT2D eigenvalue weighted by Gasteiger charge is 2.34. The second kappa shape index (κ2) is 10.0. The van der Waals surface area contributed by atoms with Crippen molar-refractivity contribution in [2.45, 2.75) is 36.9 Å². The molecule has 12 heteroatoms. The molecule has 0 unspecified atom stereocenters. The highest BCUT2D eigenvalue weighted by atomic mass is 35.5. The quantitative estimate of drug-likeness (QED) is 0.571. The monoisotopic (exact) mass is 531 g/mol. The summed E-state index contributed by atoms with van der Waals surface area (Å²) in [6.07, 6.45) is 1.55. The molecule has 2 aliphatic rings. The Morgan fingerprint density at radius 1 is 1.21 bits per heavy atom. The van der Waals surface area contributed by atoms with Crippen molar-refractivity contribution in [3.63, 3.8) is 0 Å². The van der Waals surface area contributed by atoms with Gasteiger partial charge in [-0.15, -0.1) is 22.7 Å². The van der Waals surface area contributed by atoms with Crippen LogP contribution in [0.15, 0.2) is 16.3 Å². The van der Waals surface area contributed by atoms with Crippen molar-refractivity contribution in [1.82, 2.24) is 9.21 Å². The summed E-state index contributed by atoms with van der Waals surface area (Å²) in [7, 11) is -1.58. The number of carbonyl (C=O) groups excluding carboxylic acids is 2. The molecule has 2 aliphatic heterocycles. The topological polar surface area (TPSA) is 96.0 Å². The highest BCUT2D eigenvalue weighted by molar-refractivity contribution is 7.91. The molecule has 0 aliphatic carbocycles. The average molecular weight is 532 g/mol. The number of likely N-dealkylation sites (N-methyl/N-ethyl adjacent to an activating group) is 1. The minimum absolute atomic E-state index is 0.191. The number of esters is 1. The number of hydrogen-bond acceptors (Lipinski definition) is 8. The van der Waals surface area contributed by atoms with Crippen LogP contribution >= 0.6 is 34.3 Å². The molecule has 33 heavy (non-hydrogen) atoms. The van der Waals surface area contributed by atoms with Gasteiger partial charge in [0.1, 0.15) is 9.21 Å². The summed E-state index contributed by atoms with van der Waals surface area (Å²) in [4.78, 5) is 29.0. The van der Waals surface area contributed by atoms with Gasteiger partial charge in [0.25, 0.3) is 10.0 Å². The highest BCUT2D eigenvalue weighted by Crippen LogP contribution is 2.38. The molecule has 8 nitrogen and oxygen atoms in total. The number of sulfonamides is 1. The van der Waals surface area contributed by atoms with E-state index in [1.54, 1.807) is 13.0 Å². The Kier molecular flexibility index (Phi) is 7.47. The summed E-state index contributed by atoms with van der Waals surface area (Å²) in [6.45, 7) is 4.10. The van der Waals surface area contributed by atoms with Gasteiger partial charge in [-0.1, -0.05) is 11.6 Å². The molecule has 1 fully saturated rings. The van der Waals surface area contributed by atoms with Crippen LogP contribution in [0.5, 0.6) is 0 Å². The van der Waals surface area contributed by atoms with Gasteiger partial charge >= 0.3 is 5.97 Å². The largest absolute Gasteiger partial charge is 0.462 e. The Morgan fingerprint density at radius 3 is 2.58 bits per heavy atom. The molecule has 1 amide bonds. The number of hydrogen-bond donors (Lipinski definition) is 1. The first-order valence-electron chi connectivity index (χ1n) is 10.8. The first kappa shape index (κ1) is 24.6. The van der Waals surface area contributed by atoms with Gasteiger partial charge in [0, 0.05) is 37.0 Å². The van der Waals surface area contributed by atoms with Crippen LogP contribution in [0.2, 0.25) is 4.34 Å². The molecule has 2 aromatic heterocycles. The maximum atomic E-state index is 13.1. The summed E-state index contributed by atoms with van der Waals surface area (Å²) in [5, 5.41) is 3.49. The zero-order chi connectivity index (χ0) is 23.8. The van der Waals surface area contributed by atoms with E-state index >= 15 is 0 Å². The normalized spacial score (nSPS) is 18.2. The third-order valence-electron chi connectivity index (χ3n) is 5.93. The number of thiophene rings is 2. The number of rotatable bonds is 6. The summed E-state index contributed by atoms with van der Waals surface area (Å²) >= 11 is 8.35. The van der Waals surface area contributed by atoms with Crippen molar-refractivity contribution in [3.05, 3.63) is 32.5 Å². The maximum absolute atomic E-state index is 13.1. The predicted octanol–water partition coefficient (Wildman–Crippen LogP) is 3.67. The number of nitrogens with zero attached hydrogens (tertiary/aromatic N) is 2. The van der Waals surface area contributed by atoms with E-state index in [1.165, 1.54) is 21.7 Å². The second-order valence-corrected chi connectivity index (χ2v) is 13.1. The molecular weight excluding hydrogens is 506 g/mol. The third-order valence-corrected chi connectivity index (χ3v) is 10.7. The van der Waals surface area contributed by atoms with Crippen LogP contribution in [0.4, 0.5) is 5.00 Å². The van der Waals surface area contributed by atoms with Crippen LogP contribution in [0.3, 0.4) is 0 Å². The Labute approximate surface area is 206 Å². The molecule has 0 saturated carbocycles. The van der Waals surface area contributed by atoms with Crippen LogP contribution < -0.4 is 5.32 Å². The Bertz CT molecular complexity index is 1150. The van der Waals surface area contributed by atoms with Crippen LogP contribution in [0.1, 0.15) is 40.6 Å². The van der Waals surface area contributed by atoms with Crippen molar-refractivity contribution < 1.29 is 22.7 Å². The molecule has 0 aromatic carbocycles. The van der Waals surface area contributed by atoms with E-state index in [9.17, 15) is 18.0 Å². The van der Waals surface area contributed by atoms with Gasteiger partial charge in [0.15, 0.2) is 0 Å². The number of carbonyl (C=O) groups is 2. The fourth-order valence-electron chi connectivity index (χ4n) is 4.17. The first-order valence-corrected chi connectivity index (χ1v) is 14.2. The summed E-state index contributed by atoms with van der Waals surface area (Å²) < 4.78 is 32.9. The van der Waals surface area contributed by atoms with Gasteiger partial charge in [0.2, 0.25) is 5.91 Å². The maximum Gasteiger partial charge on any atom is 0.341 e. The van der Waals surface area contributed by atoms with Crippen LogP contribution in [0.25, 0.3) is 0 Å². The molecule has 0 radical (unpaired) electrons. The standard InChI is InChI=1S/C21H26ClN3O5S3/c1-3-30-21(27)18-14-8-9-24(2)12-15(14)31-20(18)23-19(26)13-6-10-25(11-7-13)33(28,29)17-5-4-16(22)32-17/h4-5,13H,3,6-12H2,1-2H3,(H,23,26). The van der Waals surface area contributed by atoms with E-state index in [-0.39, 0.29) is 35.7 Å². The third kappa shape index (κ3) is 5.13. The van der Waals surface area contributed by atoms with Gasteiger partial charge in [-0.2, -0.15) is 4.31 Å². The van der Waals surface area contributed by atoms with Crippen molar-refractivity contribution >= 4 is 61.2 Å². The lowest BCUT2D eigenvalue weighted by Gasteiger charge is -2.30. The zero-order valence-electron chi connectivity index (χ0n) is 18.4. The predicted molar refractivity (Wildman–Crippen MR) is 130 cm³/mol. The van der Waals surface area contributed by atoms with Crippen molar-refractivity contribution in [3.8, 4) is 0 Å². The van der Waals surface area contributed by atoms with Crippen molar-refractivity contribution in [1.29, 1.82) is 0 Å². The number of anilines is 1.